The van der Waals surface area contributed by atoms with E-state index in [1.165, 1.54) is 28.1 Å². The molecule has 0 spiro atoms. The van der Waals surface area contributed by atoms with Crippen LogP contribution in [-0.4, -0.2) is 38.2 Å². The molecule has 0 radical (unpaired) electrons. The van der Waals surface area contributed by atoms with Crippen molar-refractivity contribution < 1.29 is 21.6 Å². The lowest BCUT2D eigenvalue weighted by Gasteiger charge is -2.05. The monoisotopic (exact) mass is 435 g/mol. The summed E-state index contributed by atoms with van der Waals surface area (Å²) in [5.74, 6) is 0.115. The third-order valence-electron chi connectivity index (χ3n) is 5.22. The van der Waals surface area contributed by atoms with Crippen molar-refractivity contribution in [2.45, 2.75) is 36.9 Å². The van der Waals surface area contributed by atoms with Gasteiger partial charge < -0.3 is 4.40 Å². The van der Waals surface area contributed by atoms with E-state index in [0.717, 1.165) is 30.8 Å². The maximum Gasteiger partial charge on any atom is 0.417 e. The van der Waals surface area contributed by atoms with Crippen molar-refractivity contribution in [2.75, 3.05) is 5.75 Å². The molecule has 0 aliphatic heterocycles. The molecule has 7 nitrogen and oxygen atoms in total. The van der Waals surface area contributed by atoms with Gasteiger partial charge in [-0.15, -0.1) is 0 Å². The fourth-order valence-electron chi connectivity index (χ4n) is 3.49. The molecule has 30 heavy (non-hydrogen) atoms. The minimum Gasteiger partial charge on any atom is -0.306 e. The third kappa shape index (κ3) is 2.95. The van der Waals surface area contributed by atoms with Gasteiger partial charge in [0.15, 0.2) is 20.5 Å². The zero-order chi connectivity index (χ0) is 21.3. The van der Waals surface area contributed by atoms with Crippen LogP contribution >= 0.6 is 0 Å². The summed E-state index contributed by atoms with van der Waals surface area (Å²) >= 11 is 0. The first-order valence-corrected chi connectivity index (χ1v) is 11.0. The molecule has 0 saturated heterocycles. The number of hydrogen-bond donors (Lipinski definition) is 0. The van der Waals surface area contributed by atoms with Crippen molar-refractivity contribution in [3.63, 3.8) is 0 Å². The van der Waals surface area contributed by atoms with Gasteiger partial charge in [-0.2, -0.15) is 18.3 Å². The van der Waals surface area contributed by atoms with E-state index in [9.17, 15) is 21.6 Å². The standard InChI is InChI=1S/C19H16F3N5O2S/c1-2-30(28,29)18-16(17-23-8-7-14(11-3-4-11)27(17)25-18)13-10-26-9-12(19(20,21)22)5-6-15(26)24-13/h5-11H,2-4H2,1H3. The van der Waals surface area contributed by atoms with Gasteiger partial charge in [0.1, 0.15) is 5.65 Å². The molecule has 156 valence electrons. The Hall–Kier alpha value is -2.95. The van der Waals surface area contributed by atoms with Gasteiger partial charge in [0.25, 0.3) is 0 Å². The number of rotatable bonds is 4. The molecule has 1 aliphatic carbocycles. The number of imidazole rings is 1. The van der Waals surface area contributed by atoms with E-state index in [1.54, 1.807) is 6.20 Å². The molecule has 0 unspecified atom stereocenters. The van der Waals surface area contributed by atoms with E-state index >= 15 is 0 Å². The lowest BCUT2D eigenvalue weighted by atomic mass is 10.2. The molecule has 11 heteroatoms. The molecular formula is C19H16F3N5O2S. The predicted molar refractivity (Wildman–Crippen MR) is 102 cm³/mol. The second kappa shape index (κ2) is 6.27. The normalized spacial score (nSPS) is 15.3. The summed E-state index contributed by atoms with van der Waals surface area (Å²) in [6.45, 7) is 1.51. The molecule has 4 aromatic heterocycles. The summed E-state index contributed by atoms with van der Waals surface area (Å²) in [7, 11) is -3.73. The van der Waals surface area contributed by atoms with E-state index in [2.05, 4.69) is 15.1 Å². The largest absolute Gasteiger partial charge is 0.417 e. The summed E-state index contributed by atoms with van der Waals surface area (Å²) in [6.07, 6.45) is 1.36. The van der Waals surface area contributed by atoms with Crippen LogP contribution in [0.2, 0.25) is 0 Å². The molecule has 0 atom stereocenters. The summed E-state index contributed by atoms with van der Waals surface area (Å²) < 4.78 is 67.5. The highest BCUT2D eigenvalue weighted by atomic mass is 32.2. The number of pyridine rings is 1. The molecular weight excluding hydrogens is 419 g/mol. The molecule has 1 saturated carbocycles. The molecule has 0 bridgehead atoms. The molecule has 5 rings (SSSR count). The fourth-order valence-corrected chi connectivity index (χ4v) is 4.48. The van der Waals surface area contributed by atoms with Crippen molar-refractivity contribution in [3.05, 3.63) is 48.0 Å². The molecule has 0 amide bonds. The lowest BCUT2D eigenvalue weighted by molar-refractivity contribution is -0.137. The Kier molecular flexibility index (Phi) is 3.98. The van der Waals surface area contributed by atoms with Gasteiger partial charge in [0.2, 0.25) is 0 Å². The maximum atomic E-state index is 13.1. The molecule has 4 heterocycles. The molecule has 0 aromatic carbocycles. The van der Waals surface area contributed by atoms with E-state index in [0.29, 0.717) is 5.65 Å². The first kappa shape index (κ1) is 19.0. The molecule has 1 fully saturated rings. The number of halogens is 3. The van der Waals surface area contributed by atoms with Crippen molar-refractivity contribution >= 4 is 21.1 Å². The Labute approximate surface area is 169 Å². The van der Waals surface area contributed by atoms with Gasteiger partial charge in [-0.3, -0.25) is 0 Å². The second-order valence-corrected chi connectivity index (χ2v) is 9.46. The number of nitrogens with zero attached hydrogens (tertiary/aromatic N) is 5. The quantitative estimate of drug-likeness (QED) is 0.488. The maximum absolute atomic E-state index is 13.1. The van der Waals surface area contributed by atoms with E-state index in [4.69, 9.17) is 0 Å². The van der Waals surface area contributed by atoms with Gasteiger partial charge in [-0.1, -0.05) is 6.92 Å². The summed E-state index contributed by atoms with van der Waals surface area (Å²) in [4.78, 5) is 8.70. The molecule has 0 N–H and O–H groups in total. The summed E-state index contributed by atoms with van der Waals surface area (Å²) in [5, 5.41) is 4.19. The summed E-state index contributed by atoms with van der Waals surface area (Å²) in [6, 6.07) is 3.99. The van der Waals surface area contributed by atoms with Gasteiger partial charge in [0.05, 0.1) is 22.6 Å². The van der Waals surface area contributed by atoms with Crippen molar-refractivity contribution in [3.8, 4) is 11.3 Å². The van der Waals surface area contributed by atoms with Crippen molar-refractivity contribution in [1.82, 2.24) is 24.0 Å². The van der Waals surface area contributed by atoms with E-state index < -0.39 is 21.6 Å². The first-order valence-electron chi connectivity index (χ1n) is 9.36. The minimum atomic E-state index is -4.50. The average molecular weight is 435 g/mol. The highest BCUT2D eigenvalue weighted by molar-refractivity contribution is 7.91. The van der Waals surface area contributed by atoms with Crippen LogP contribution in [-0.2, 0) is 16.0 Å². The number of aromatic nitrogens is 5. The zero-order valence-electron chi connectivity index (χ0n) is 15.8. The smallest absolute Gasteiger partial charge is 0.306 e. The van der Waals surface area contributed by atoms with Gasteiger partial charge >= 0.3 is 6.18 Å². The number of alkyl halides is 3. The number of hydrogen-bond acceptors (Lipinski definition) is 5. The highest BCUT2D eigenvalue weighted by Gasteiger charge is 2.33. The fraction of sp³-hybridized carbons (Fsp3) is 0.316. The predicted octanol–water partition coefficient (Wildman–Crippen LogP) is 3.73. The highest BCUT2D eigenvalue weighted by Crippen LogP contribution is 2.41. The van der Waals surface area contributed by atoms with Crippen molar-refractivity contribution in [2.24, 2.45) is 0 Å². The van der Waals surface area contributed by atoms with Gasteiger partial charge in [-0.05, 0) is 31.0 Å². The minimum absolute atomic E-state index is 0.162. The van der Waals surface area contributed by atoms with E-state index in [1.807, 2.05) is 6.07 Å². The number of fused-ring (bicyclic) bond motifs is 2. The zero-order valence-corrected chi connectivity index (χ0v) is 16.6. The molecule has 1 aliphatic rings. The topological polar surface area (TPSA) is 81.6 Å². The van der Waals surface area contributed by atoms with Crippen LogP contribution in [0.5, 0.6) is 0 Å². The Balaban J connectivity index is 1.79. The van der Waals surface area contributed by atoms with Crippen LogP contribution in [0, 0.1) is 0 Å². The van der Waals surface area contributed by atoms with Crippen LogP contribution in [0.25, 0.3) is 22.6 Å². The Morgan fingerprint density at radius 2 is 1.93 bits per heavy atom. The lowest BCUT2D eigenvalue weighted by Crippen LogP contribution is -2.06. The second-order valence-electron chi connectivity index (χ2n) is 7.27. The van der Waals surface area contributed by atoms with Crippen LogP contribution in [0.4, 0.5) is 13.2 Å². The van der Waals surface area contributed by atoms with Crippen LogP contribution in [0.3, 0.4) is 0 Å². The first-order chi connectivity index (χ1) is 14.2. The van der Waals surface area contributed by atoms with Crippen molar-refractivity contribution in [1.29, 1.82) is 0 Å². The van der Waals surface area contributed by atoms with Gasteiger partial charge in [-0.25, -0.2) is 22.9 Å². The Bertz CT molecular complexity index is 1400. The van der Waals surface area contributed by atoms with Crippen LogP contribution in [0.15, 0.2) is 41.8 Å². The van der Waals surface area contributed by atoms with Crippen LogP contribution in [0.1, 0.15) is 36.9 Å². The SMILES string of the molecule is CCS(=O)(=O)c1nn2c(C3CC3)ccnc2c1-c1cn2cc(C(F)(F)F)ccc2n1. The molecule has 4 aromatic rings. The average Bonchev–Trinajstić information content (AvgIpc) is 3.33. The summed E-state index contributed by atoms with van der Waals surface area (Å²) in [5.41, 5.74) is 1.03. The van der Waals surface area contributed by atoms with E-state index in [-0.39, 0.29) is 33.6 Å². The third-order valence-corrected chi connectivity index (χ3v) is 6.86. The Morgan fingerprint density at radius 3 is 2.60 bits per heavy atom. The Morgan fingerprint density at radius 1 is 1.17 bits per heavy atom. The number of sulfone groups is 1. The van der Waals surface area contributed by atoms with Gasteiger partial charge in [0, 0.05) is 30.2 Å². The van der Waals surface area contributed by atoms with Crippen LogP contribution < -0.4 is 0 Å².